The normalized spacial score (nSPS) is 11.5. The van der Waals surface area contributed by atoms with Gasteiger partial charge < -0.3 is 10.3 Å². The van der Waals surface area contributed by atoms with Gasteiger partial charge in [0.05, 0.1) is 23.3 Å². The fourth-order valence-electron chi connectivity index (χ4n) is 3.46. The number of halogens is 3. The number of nitrogens with one attached hydrogen (secondary N) is 3. The number of aromatic amines is 1. The molecule has 0 atom stereocenters. The lowest BCUT2D eigenvalue weighted by atomic mass is 10.1. The van der Waals surface area contributed by atoms with Crippen molar-refractivity contribution in [2.45, 2.75) is 13.3 Å². The number of aromatic nitrogens is 2. The summed E-state index contributed by atoms with van der Waals surface area (Å²) in [5.74, 6) is -4.26. The number of H-pyrrole nitrogens is 1. The summed E-state index contributed by atoms with van der Waals surface area (Å²) in [4.78, 5) is 19.9. The Bertz CT molecular complexity index is 1490. The third-order valence-electron chi connectivity index (χ3n) is 5.00. The number of carbonyl (C=O) groups excluding carboxylic acids is 1. The zero-order chi connectivity index (χ0) is 24.5. The third-order valence-corrected chi connectivity index (χ3v) is 6.48. The summed E-state index contributed by atoms with van der Waals surface area (Å²) in [6, 6.07) is 9.05. The molecule has 176 valence electrons. The van der Waals surface area contributed by atoms with Crippen molar-refractivity contribution in [2.24, 2.45) is 0 Å². The van der Waals surface area contributed by atoms with E-state index in [1.54, 1.807) is 31.3 Å². The molecule has 0 radical (unpaired) electrons. The van der Waals surface area contributed by atoms with E-state index in [-0.39, 0.29) is 11.4 Å². The van der Waals surface area contributed by atoms with Gasteiger partial charge in [0.1, 0.15) is 22.8 Å². The minimum Gasteiger partial charge on any atom is -0.346 e. The van der Waals surface area contributed by atoms with Crippen LogP contribution in [0.25, 0.3) is 22.2 Å². The van der Waals surface area contributed by atoms with Crippen molar-refractivity contribution in [1.82, 2.24) is 9.97 Å². The van der Waals surface area contributed by atoms with E-state index in [2.05, 4.69) is 15.3 Å². The maximum atomic E-state index is 14.9. The second-order valence-corrected chi connectivity index (χ2v) is 9.33. The molecule has 4 aromatic rings. The molecule has 0 saturated heterocycles. The maximum Gasteiger partial charge on any atom is 0.261 e. The lowest BCUT2D eigenvalue weighted by Crippen LogP contribution is -2.20. The van der Waals surface area contributed by atoms with Gasteiger partial charge in [0, 0.05) is 17.1 Å². The second kappa shape index (κ2) is 9.18. The van der Waals surface area contributed by atoms with Gasteiger partial charge in [-0.15, -0.1) is 0 Å². The van der Waals surface area contributed by atoms with Crippen molar-refractivity contribution in [1.29, 1.82) is 0 Å². The van der Waals surface area contributed by atoms with Crippen LogP contribution in [0.1, 0.15) is 23.7 Å². The molecule has 1 amide bonds. The van der Waals surface area contributed by atoms with E-state index >= 15 is 0 Å². The minimum atomic E-state index is -3.85. The summed E-state index contributed by atoms with van der Waals surface area (Å²) >= 11 is 0. The van der Waals surface area contributed by atoms with Crippen molar-refractivity contribution in [3.63, 3.8) is 0 Å². The van der Waals surface area contributed by atoms with E-state index in [1.165, 1.54) is 18.3 Å². The van der Waals surface area contributed by atoms with Gasteiger partial charge >= 0.3 is 0 Å². The van der Waals surface area contributed by atoms with Crippen LogP contribution in [0.15, 0.2) is 54.9 Å². The average Bonchev–Trinajstić information content (AvgIpc) is 3.19. The highest BCUT2D eigenvalue weighted by atomic mass is 32.2. The predicted molar refractivity (Wildman–Crippen MR) is 123 cm³/mol. The zero-order valence-corrected chi connectivity index (χ0v) is 18.6. The van der Waals surface area contributed by atoms with Gasteiger partial charge in [-0.2, -0.15) is 0 Å². The van der Waals surface area contributed by atoms with Crippen LogP contribution in [-0.4, -0.2) is 30.0 Å². The monoisotopic (exact) mass is 488 g/mol. The number of benzene rings is 2. The SMILES string of the molecule is CCCS(=O)(=O)Nc1ccc(F)c(C(=O)Nc2cnc3[nH]cc(-c4ccc(F)cc4)c3c2)c1F. The lowest BCUT2D eigenvalue weighted by molar-refractivity contribution is 0.101. The first-order chi connectivity index (χ1) is 16.2. The molecule has 0 aliphatic carbocycles. The number of fused-ring (bicyclic) bond motifs is 1. The fraction of sp³-hybridized carbons (Fsp3) is 0.130. The summed E-state index contributed by atoms with van der Waals surface area (Å²) < 4.78 is 68.5. The minimum absolute atomic E-state index is 0.149. The lowest BCUT2D eigenvalue weighted by Gasteiger charge is -2.12. The molecule has 34 heavy (non-hydrogen) atoms. The summed E-state index contributed by atoms with van der Waals surface area (Å²) in [6.45, 7) is 1.63. The number of sulfonamides is 1. The number of hydrogen-bond donors (Lipinski definition) is 3. The molecule has 0 saturated carbocycles. The molecule has 3 N–H and O–H groups in total. The Hall–Kier alpha value is -3.86. The highest BCUT2D eigenvalue weighted by molar-refractivity contribution is 7.92. The number of pyridine rings is 1. The molecule has 2 heterocycles. The molecule has 0 aliphatic rings. The molecule has 7 nitrogen and oxygen atoms in total. The number of rotatable bonds is 7. The fourth-order valence-corrected chi connectivity index (χ4v) is 4.59. The smallest absolute Gasteiger partial charge is 0.261 e. The first-order valence-corrected chi connectivity index (χ1v) is 11.9. The van der Waals surface area contributed by atoms with Gasteiger partial charge in [-0.25, -0.2) is 26.6 Å². The van der Waals surface area contributed by atoms with E-state index in [0.29, 0.717) is 28.6 Å². The molecule has 0 spiro atoms. The summed E-state index contributed by atoms with van der Waals surface area (Å²) in [6.07, 6.45) is 3.26. The molecule has 0 bridgehead atoms. The van der Waals surface area contributed by atoms with E-state index in [4.69, 9.17) is 0 Å². The molecule has 2 aromatic carbocycles. The zero-order valence-electron chi connectivity index (χ0n) is 17.8. The van der Waals surface area contributed by atoms with E-state index in [1.807, 2.05) is 4.72 Å². The van der Waals surface area contributed by atoms with Crippen molar-refractivity contribution >= 4 is 38.3 Å². The Labute approximate surface area is 193 Å². The Balaban J connectivity index is 1.65. The standard InChI is InChI=1S/C23H19F3N4O3S/c1-2-9-34(32,33)30-19-8-7-18(25)20(21(19)26)23(31)29-15-10-16-17(12-28-22(16)27-11-15)13-3-5-14(24)6-4-13/h3-8,10-12,30H,2,9H2,1H3,(H,27,28)(H,29,31). The van der Waals surface area contributed by atoms with Crippen molar-refractivity contribution in [3.8, 4) is 11.1 Å². The largest absolute Gasteiger partial charge is 0.346 e. The van der Waals surface area contributed by atoms with Crippen LogP contribution in [-0.2, 0) is 10.0 Å². The topological polar surface area (TPSA) is 104 Å². The Kier molecular flexibility index (Phi) is 6.29. The highest BCUT2D eigenvalue weighted by Gasteiger charge is 2.23. The molecule has 11 heteroatoms. The summed E-state index contributed by atoms with van der Waals surface area (Å²) in [5.41, 5.74) is 0.547. The van der Waals surface area contributed by atoms with Crippen LogP contribution in [0.4, 0.5) is 24.5 Å². The number of carbonyl (C=O) groups is 1. The van der Waals surface area contributed by atoms with Gasteiger partial charge in [0.25, 0.3) is 5.91 Å². The van der Waals surface area contributed by atoms with E-state index in [0.717, 1.165) is 12.1 Å². The molecular weight excluding hydrogens is 469 g/mol. The van der Waals surface area contributed by atoms with Crippen LogP contribution in [0, 0.1) is 17.5 Å². The van der Waals surface area contributed by atoms with Crippen LogP contribution >= 0.6 is 0 Å². The number of amides is 1. The molecule has 0 fully saturated rings. The average molecular weight is 488 g/mol. The van der Waals surface area contributed by atoms with Crippen molar-refractivity contribution in [2.75, 3.05) is 15.8 Å². The van der Waals surface area contributed by atoms with E-state index < -0.39 is 44.6 Å². The second-order valence-electron chi connectivity index (χ2n) is 7.49. The molecule has 4 rings (SSSR count). The van der Waals surface area contributed by atoms with Crippen LogP contribution < -0.4 is 10.0 Å². The van der Waals surface area contributed by atoms with Crippen molar-refractivity contribution < 1.29 is 26.4 Å². The first kappa shape index (κ1) is 23.3. The summed E-state index contributed by atoms with van der Waals surface area (Å²) in [5, 5.41) is 2.98. The Morgan fingerprint density at radius 1 is 1.09 bits per heavy atom. The molecule has 0 aliphatic heterocycles. The number of nitrogens with zero attached hydrogens (tertiary/aromatic N) is 1. The van der Waals surface area contributed by atoms with Crippen LogP contribution in [0.5, 0.6) is 0 Å². The van der Waals surface area contributed by atoms with Gasteiger partial charge in [0.2, 0.25) is 10.0 Å². The van der Waals surface area contributed by atoms with Gasteiger partial charge in [-0.3, -0.25) is 9.52 Å². The Morgan fingerprint density at radius 3 is 2.53 bits per heavy atom. The number of hydrogen-bond acceptors (Lipinski definition) is 4. The van der Waals surface area contributed by atoms with Gasteiger partial charge in [-0.1, -0.05) is 19.1 Å². The molecule has 0 unspecified atom stereocenters. The predicted octanol–water partition coefficient (Wildman–Crippen LogP) is 5.05. The molecular formula is C23H19F3N4O3S. The quantitative estimate of drug-likeness (QED) is 0.339. The first-order valence-electron chi connectivity index (χ1n) is 10.2. The number of anilines is 2. The van der Waals surface area contributed by atoms with Gasteiger partial charge in [0.15, 0.2) is 5.82 Å². The third kappa shape index (κ3) is 4.74. The maximum absolute atomic E-state index is 14.9. The van der Waals surface area contributed by atoms with Crippen LogP contribution in [0.3, 0.4) is 0 Å². The summed E-state index contributed by atoms with van der Waals surface area (Å²) in [7, 11) is -3.85. The highest BCUT2D eigenvalue weighted by Crippen LogP contribution is 2.30. The molecule has 2 aromatic heterocycles. The van der Waals surface area contributed by atoms with Gasteiger partial charge in [-0.05, 0) is 42.3 Å². The Morgan fingerprint density at radius 2 is 1.82 bits per heavy atom. The van der Waals surface area contributed by atoms with E-state index in [9.17, 15) is 26.4 Å². The van der Waals surface area contributed by atoms with Crippen molar-refractivity contribution in [3.05, 3.63) is 77.9 Å². The van der Waals surface area contributed by atoms with Crippen LogP contribution in [0.2, 0.25) is 0 Å².